The van der Waals surface area contributed by atoms with Gasteiger partial charge in [-0.05, 0) is 31.6 Å². The van der Waals surface area contributed by atoms with E-state index in [4.69, 9.17) is 4.74 Å². The molecule has 0 heterocycles. The summed E-state index contributed by atoms with van der Waals surface area (Å²) in [5.74, 6) is 1.27. The fraction of sp³-hybridized carbons (Fsp3) is 1.00. The SMILES string of the molecule is CCC1CCCC(C(C)(O)CNCCOC)C1. The van der Waals surface area contributed by atoms with E-state index in [0.29, 0.717) is 19.1 Å². The Balaban J connectivity index is 2.34. The summed E-state index contributed by atoms with van der Waals surface area (Å²) in [5.41, 5.74) is -0.568. The molecule has 17 heavy (non-hydrogen) atoms. The highest BCUT2D eigenvalue weighted by Crippen LogP contribution is 2.36. The molecule has 0 radical (unpaired) electrons. The van der Waals surface area contributed by atoms with E-state index in [-0.39, 0.29) is 0 Å². The number of rotatable bonds is 7. The lowest BCUT2D eigenvalue weighted by Crippen LogP contribution is -2.46. The first-order chi connectivity index (χ1) is 8.10. The Morgan fingerprint density at radius 3 is 2.82 bits per heavy atom. The lowest BCUT2D eigenvalue weighted by Gasteiger charge is -2.38. The molecule has 0 spiro atoms. The van der Waals surface area contributed by atoms with Gasteiger partial charge in [-0.25, -0.2) is 0 Å². The number of ether oxygens (including phenoxy) is 1. The van der Waals surface area contributed by atoms with Crippen LogP contribution in [0.4, 0.5) is 0 Å². The Morgan fingerprint density at radius 1 is 1.41 bits per heavy atom. The summed E-state index contributed by atoms with van der Waals surface area (Å²) in [4.78, 5) is 0. The minimum atomic E-state index is -0.568. The molecule has 0 amide bonds. The third kappa shape index (κ3) is 4.94. The van der Waals surface area contributed by atoms with Gasteiger partial charge in [-0.3, -0.25) is 0 Å². The minimum absolute atomic E-state index is 0.455. The fourth-order valence-corrected chi connectivity index (χ4v) is 2.89. The zero-order valence-corrected chi connectivity index (χ0v) is 11.7. The predicted molar refractivity (Wildman–Crippen MR) is 71.1 cm³/mol. The molecule has 3 nitrogen and oxygen atoms in total. The van der Waals surface area contributed by atoms with Gasteiger partial charge in [0.1, 0.15) is 0 Å². The van der Waals surface area contributed by atoms with Crippen LogP contribution < -0.4 is 5.32 Å². The minimum Gasteiger partial charge on any atom is -0.389 e. The van der Waals surface area contributed by atoms with Crippen molar-refractivity contribution in [2.24, 2.45) is 11.8 Å². The number of nitrogens with one attached hydrogen (secondary N) is 1. The van der Waals surface area contributed by atoms with Crippen LogP contribution in [-0.4, -0.2) is 37.5 Å². The van der Waals surface area contributed by atoms with Crippen LogP contribution >= 0.6 is 0 Å². The Labute approximate surface area is 106 Å². The van der Waals surface area contributed by atoms with Gasteiger partial charge in [0.15, 0.2) is 0 Å². The van der Waals surface area contributed by atoms with Crippen molar-refractivity contribution in [2.75, 3.05) is 26.8 Å². The summed E-state index contributed by atoms with van der Waals surface area (Å²) >= 11 is 0. The van der Waals surface area contributed by atoms with Crippen LogP contribution in [0.3, 0.4) is 0 Å². The van der Waals surface area contributed by atoms with Gasteiger partial charge in [0.2, 0.25) is 0 Å². The molecule has 0 aromatic heterocycles. The van der Waals surface area contributed by atoms with Crippen molar-refractivity contribution in [1.82, 2.24) is 5.32 Å². The summed E-state index contributed by atoms with van der Waals surface area (Å²) in [7, 11) is 1.70. The fourth-order valence-electron chi connectivity index (χ4n) is 2.89. The Hall–Kier alpha value is -0.120. The normalized spacial score (nSPS) is 28.9. The second-order valence-electron chi connectivity index (χ2n) is 5.66. The van der Waals surface area contributed by atoms with Crippen molar-refractivity contribution in [3.63, 3.8) is 0 Å². The van der Waals surface area contributed by atoms with E-state index in [1.54, 1.807) is 7.11 Å². The van der Waals surface area contributed by atoms with Crippen LogP contribution in [0, 0.1) is 11.8 Å². The maximum atomic E-state index is 10.5. The molecular formula is C14H29NO2. The standard InChI is InChI=1S/C14H29NO2/c1-4-12-6-5-7-13(10-12)14(2,16)11-15-8-9-17-3/h12-13,15-16H,4-11H2,1-3H3. The maximum Gasteiger partial charge on any atom is 0.0771 e. The molecule has 1 aliphatic rings. The Kier molecular flexibility index (Phi) is 6.45. The predicted octanol–water partition coefficient (Wildman–Crippen LogP) is 2.19. The molecule has 0 aromatic rings. The van der Waals surface area contributed by atoms with Crippen molar-refractivity contribution >= 4 is 0 Å². The molecule has 1 rings (SSSR count). The van der Waals surface area contributed by atoms with Crippen LogP contribution in [0.15, 0.2) is 0 Å². The van der Waals surface area contributed by atoms with E-state index in [2.05, 4.69) is 12.2 Å². The van der Waals surface area contributed by atoms with E-state index >= 15 is 0 Å². The highest BCUT2D eigenvalue weighted by Gasteiger charge is 2.34. The molecule has 0 bridgehead atoms. The molecule has 0 aliphatic heterocycles. The Bertz CT molecular complexity index is 206. The first kappa shape index (κ1) is 14.9. The third-order valence-electron chi connectivity index (χ3n) is 4.21. The van der Waals surface area contributed by atoms with E-state index in [9.17, 15) is 5.11 Å². The van der Waals surface area contributed by atoms with Gasteiger partial charge in [-0.1, -0.05) is 26.2 Å². The second kappa shape index (κ2) is 7.34. The first-order valence-corrected chi connectivity index (χ1v) is 7.02. The molecule has 3 atom stereocenters. The molecule has 0 aromatic carbocycles. The van der Waals surface area contributed by atoms with Gasteiger partial charge >= 0.3 is 0 Å². The number of aliphatic hydroxyl groups is 1. The monoisotopic (exact) mass is 243 g/mol. The molecule has 102 valence electrons. The molecule has 3 heteroatoms. The number of methoxy groups -OCH3 is 1. The van der Waals surface area contributed by atoms with Gasteiger partial charge in [0.05, 0.1) is 12.2 Å². The van der Waals surface area contributed by atoms with Crippen LogP contribution in [0.5, 0.6) is 0 Å². The van der Waals surface area contributed by atoms with Gasteiger partial charge in [-0.15, -0.1) is 0 Å². The van der Waals surface area contributed by atoms with Crippen molar-refractivity contribution in [1.29, 1.82) is 0 Å². The molecule has 2 N–H and O–H groups in total. The van der Waals surface area contributed by atoms with Crippen molar-refractivity contribution in [2.45, 2.75) is 51.6 Å². The summed E-state index contributed by atoms with van der Waals surface area (Å²) in [6.45, 7) is 6.44. The average Bonchev–Trinajstić information content (AvgIpc) is 2.35. The summed E-state index contributed by atoms with van der Waals surface area (Å²) in [6, 6.07) is 0. The van der Waals surface area contributed by atoms with E-state index in [0.717, 1.165) is 12.5 Å². The third-order valence-corrected chi connectivity index (χ3v) is 4.21. The van der Waals surface area contributed by atoms with E-state index in [1.165, 1.54) is 32.1 Å². The van der Waals surface area contributed by atoms with Crippen LogP contribution in [0.25, 0.3) is 0 Å². The van der Waals surface area contributed by atoms with Gasteiger partial charge in [0, 0.05) is 20.2 Å². The van der Waals surface area contributed by atoms with Crippen molar-refractivity contribution < 1.29 is 9.84 Å². The first-order valence-electron chi connectivity index (χ1n) is 7.02. The van der Waals surface area contributed by atoms with Crippen molar-refractivity contribution in [3.05, 3.63) is 0 Å². The average molecular weight is 243 g/mol. The zero-order chi connectivity index (χ0) is 12.7. The molecule has 1 aliphatic carbocycles. The summed E-state index contributed by atoms with van der Waals surface area (Å²) in [6.07, 6.45) is 6.24. The molecule has 3 unspecified atom stereocenters. The topological polar surface area (TPSA) is 41.5 Å². The van der Waals surface area contributed by atoms with Crippen LogP contribution in [-0.2, 0) is 4.74 Å². The molecule has 1 saturated carbocycles. The molecular weight excluding hydrogens is 214 g/mol. The largest absolute Gasteiger partial charge is 0.389 e. The second-order valence-corrected chi connectivity index (χ2v) is 5.66. The van der Waals surface area contributed by atoms with Crippen LogP contribution in [0.1, 0.15) is 46.0 Å². The van der Waals surface area contributed by atoms with Gasteiger partial charge < -0.3 is 15.2 Å². The van der Waals surface area contributed by atoms with Crippen molar-refractivity contribution in [3.8, 4) is 0 Å². The molecule has 1 fully saturated rings. The van der Waals surface area contributed by atoms with E-state index < -0.39 is 5.60 Å². The highest BCUT2D eigenvalue weighted by atomic mass is 16.5. The number of hydrogen-bond acceptors (Lipinski definition) is 3. The Morgan fingerprint density at radius 2 is 2.18 bits per heavy atom. The summed E-state index contributed by atoms with van der Waals surface area (Å²) in [5, 5.41) is 13.8. The van der Waals surface area contributed by atoms with E-state index in [1.807, 2.05) is 6.92 Å². The quantitative estimate of drug-likeness (QED) is 0.674. The smallest absolute Gasteiger partial charge is 0.0771 e. The molecule has 0 saturated heterocycles. The zero-order valence-electron chi connectivity index (χ0n) is 11.7. The lowest BCUT2D eigenvalue weighted by atomic mass is 9.72. The van der Waals surface area contributed by atoms with Gasteiger partial charge in [0.25, 0.3) is 0 Å². The number of hydrogen-bond donors (Lipinski definition) is 2. The van der Waals surface area contributed by atoms with Crippen LogP contribution in [0.2, 0.25) is 0 Å². The maximum absolute atomic E-state index is 10.5. The highest BCUT2D eigenvalue weighted by molar-refractivity contribution is 4.88. The summed E-state index contributed by atoms with van der Waals surface area (Å²) < 4.78 is 4.99. The lowest BCUT2D eigenvalue weighted by molar-refractivity contribution is -0.0253. The van der Waals surface area contributed by atoms with Gasteiger partial charge in [-0.2, -0.15) is 0 Å².